The molecule has 0 saturated heterocycles. The minimum absolute atomic E-state index is 0.173. The first-order valence-electron chi connectivity index (χ1n) is 7.94. The first-order valence-corrected chi connectivity index (χ1v) is 7.94. The monoisotopic (exact) mass is 310 g/mol. The Morgan fingerprint density at radius 1 is 1.13 bits per heavy atom. The normalized spacial score (nSPS) is 11.1. The molecule has 0 saturated carbocycles. The van der Waals surface area contributed by atoms with Gasteiger partial charge in [-0.3, -0.25) is 4.57 Å². The molecule has 0 unspecified atom stereocenters. The molecule has 0 atom stereocenters. The van der Waals surface area contributed by atoms with E-state index in [4.69, 9.17) is 14.8 Å². The van der Waals surface area contributed by atoms with Gasteiger partial charge in [0, 0.05) is 24.3 Å². The highest BCUT2D eigenvalue weighted by Crippen LogP contribution is 2.30. The minimum Gasteiger partial charge on any atom is -0.496 e. The van der Waals surface area contributed by atoms with Crippen molar-refractivity contribution < 1.29 is 9.84 Å². The van der Waals surface area contributed by atoms with Crippen LogP contribution in [0.25, 0.3) is 16.7 Å². The number of hydrogen-bond donors (Lipinski definition) is 1. The minimum atomic E-state index is 0.173. The van der Waals surface area contributed by atoms with Gasteiger partial charge in [0.2, 0.25) is 0 Å². The van der Waals surface area contributed by atoms with Gasteiger partial charge in [-0.2, -0.15) is 0 Å². The van der Waals surface area contributed by atoms with Gasteiger partial charge in [-0.15, -0.1) is 0 Å². The van der Waals surface area contributed by atoms with Gasteiger partial charge < -0.3 is 9.84 Å². The molecule has 3 aromatic rings. The third kappa shape index (κ3) is 2.70. The van der Waals surface area contributed by atoms with E-state index >= 15 is 0 Å². The first kappa shape index (κ1) is 15.6. The van der Waals surface area contributed by atoms with Crippen molar-refractivity contribution in [2.75, 3.05) is 13.7 Å². The summed E-state index contributed by atoms with van der Waals surface area (Å²) in [4.78, 5) is 4.82. The Kier molecular flexibility index (Phi) is 4.35. The van der Waals surface area contributed by atoms with Crippen LogP contribution in [0.2, 0.25) is 0 Å². The molecule has 1 heterocycles. The summed E-state index contributed by atoms with van der Waals surface area (Å²) < 4.78 is 7.61. The van der Waals surface area contributed by atoms with E-state index in [0.29, 0.717) is 6.42 Å². The van der Waals surface area contributed by atoms with E-state index in [9.17, 15) is 0 Å². The maximum Gasteiger partial charge on any atom is 0.124 e. The number of rotatable bonds is 5. The predicted molar refractivity (Wildman–Crippen MR) is 92.5 cm³/mol. The molecule has 2 aromatic carbocycles. The van der Waals surface area contributed by atoms with Crippen LogP contribution in [0.3, 0.4) is 0 Å². The average molecular weight is 310 g/mol. The number of aliphatic hydroxyl groups excluding tert-OH is 1. The fraction of sp³-hybridized carbons (Fsp3) is 0.316. The van der Waals surface area contributed by atoms with Crippen molar-refractivity contribution in [2.24, 2.45) is 0 Å². The van der Waals surface area contributed by atoms with Crippen molar-refractivity contribution in [3.05, 3.63) is 53.3 Å². The van der Waals surface area contributed by atoms with Crippen molar-refractivity contribution >= 4 is 11.0 Å². The molecule has 1 N–H and O–H groups in total. The van der Waals surface area contributed by atoms with Gasteiger partial charge in [0.15, 0.2) is 0 Å². The van der Waals surface area contributed by atoms with Crippen LogP contribution in [-0.4, -0.2) is 28.4 Å². The van der Waals surface area contributed by atoms with Crippen molar-refractivity contribution in [1.29, 1.82) is 0 Å². The van der Waals surface area contributed by atoms with E-state index in [1.165, 1.54) is 0 Å². The van der Waals surface area contributed by atoms with Crippen LogP contribution < -0.4 is 4.74 Å². The number of benzene rings is 2. The second-order valence-corrected chi connectivity index (χ2v) is 5.62. The fourth-order valence-electron chi connectivity index (χ4n) is 2.99. The quantitative estimate of drug-likeness (QED) is 0.785. The number of methoxy groups -OCH3 is 1. The van der Waals surface area contributed by atoms with Gasteiger partial charge in [0.1, 0.15) is 11.6 Å². The van der Waals surface area contributed by atoms with Gasteiger partial charge >= 0.3 is 0 Å². The smallest absolute Gasteiger partial charge is 0.124 e. The lowest BCUT2D eigenvalue weighted by atomic mass is 10.1. The SMILES string of the molecule is CCc1nc2c(C)c(OC)ccc2n1-c1ccc(CCO)cc1. The molecule has 0 aliphatic rings. The Bertz CT molecular complexity index is 819. The van der Waals surface area contributed by atoms with E-state index in [2.05, 4.69) is 41.8 Å². The van der Waals surface area contributed by atoms with Crippen LogP contribution in [0.5, 0.6) is 5.75 Å². The summed E-state index contributed by atoms with van der Waals surface area (Å²) in [6.45, 7) is 4.33. The van der Waals surface area contributed by atoms with Crippen LogP contribution in [-0.2, 0) is 12.8 Å². The molecular weight excluding hydrogens is 288 g/mol. The number of ether oxygens (including phenoxy) is 1. The van der Waals surface area contributed by atoms with Crippen LogP contribution in [0.1, 0.15) is 23.9 Å². The number of fused-ring (bicyclic) bond motifs is 1. The molecule has 0 fully saturated rings. The van der Waals surface area contributed by atoms with Crippen LogP contribution in [0.4, 0.5) is 0 Å². The molecule has 120 valence electrons. The maximum absolute atomic E-state index is 9.05. The van der Waals surface area contributed by atoms with E-state index in [-0.39, 0.29) is 6.61 Å². The van der Waals surface area contributed by atoms with Crippen molar-refractivity contribution in [3.63, 3.8) is 0 Å². The summed E-state index contributed by atoms with van der Waals surface area (Å²) in [5.74, 6) is 1.90. The van der Waals surface area contributed by atoms with Crippen LogP contribution in [0, 0.1) is 6.92 Å². The number of nitrogens with zero attached hydrogens (tertiary/aromatic N) is 2. The summed E-state index contributed by atoms with van der Waals surface area (Å²) in [5, 5.41) is 9.05. The third-order valence-corrected chi connectivity index (χ3v) is 4.23. The number of hydrogen-bond acceptors (Lipinski definition) is 3. The molecule has 0 amide bonds. The topological polar surface area (TPSA) is 47.3 Å². The van der Waals surface area contributed by atoms with Crippen molar-refractivity contribution in [2.45, 2.75) is 26.7 Å². The van der Waals surface area contributed by atoms with E-state index in [1.54, 1.807) is 7.11 Å². The highest BCUT2D eigenvalue weighted by molar-refractivity contribution is 5.83. The van der Waals surface area contributed by atoms with Gasteiger partial charge in [-0.05, 0) is 43.2 Å². The number of imidazole rings is 1. The zero-order valence-electron chi connectivity index (χ0n) is 13.8. The van der Waals surface area contributed by atoms with E-state index in [1.807, 2.05) is 13.0 Å². The Morgan fingerprint density at radius 3 is 2.48 bits per heavy atom. The summed E-state index contributed by atoms with van der Waals surface area (Å²) in [6, 6.07) is 12.4. The molecule has 0 spiro atoms. The Hall–Kier alpha value is -2.33. The predicted octanol–water partition coefficient (Wildman–Crippen LogP) is 3.44. The zero-order chi connectivity index (χ0) is 16.4. The Labute approximate surface area is 136 Å². The molecule has 23 heavy (non-hydrogen) atoms. The molecule has 4 nitrogen and oxygen atoms in total. The molecule has 0 bridgehead atoms. The zero-order valence-corrected chi connectivity index (χ0v) is 13.8. The maximum atomic E-state index is 9.05. The lowest BCUT2D eigenvalue weighted by molar-refractivity contribution is 0.299. The summed E-state index contributed by atoms with van der Waals surface area (Å²) in [5.41, 5.74) is 5.37. The van der Waals surface area contributed by atoms with Gasteiger partial charge in [0.05, 0.1) is 18.1 Å². The second kappa shape index (κ2) is 6.42. The molecule has 3 rings (SSSR count). The van der Waals surface area contributed by atoms with Crippen molar-refractivity contribution in [1.82, 2.24) is 9.55 Å². The first-order chi connectivity index (χ1) is 11.2. The second-order valence-electron chi connectivity index (χ2n) is 5.62. The third-order valence-electron chi connectivity index (χ3n) is 4.23. The summed E-state index contributed by atoms with van der Waals surface area (Å²) in [7, 11) is 1.69. The molecule has 0 radical (unpaired) electrons. The Morgan fingerprint density at radius 2 is 1.87 bits per heavy atom. The Balaban J connectivity index is 2.17. The van der Waals surface area contributed by atoms with E-state index in [0.717, 1.165) is 45.8 Å². The fourth-order valence-corrected chi connectivity index (χ4v) is 2.99. The lowest BCUT2D eigenvalue weighted by Gasteiger charge is -2.10. The highest BCUT2D eigenvalue weighted by atomic mass is 16.5. The van der Waals surface area contributed by atoms with Gasteiger partial charge in [-0.1, -0.05) is 19.1 Å². The highest BCUT2D eigenvalue weighted by Gasteiger charge is 2.15. The summed E-state index contributed by atoms with van der Waals surface area (Å²) in [6.07, 6.45) is 1.54. The van der Waals surface area contributed by atoms with E-state index < -0.39 is 0 Å². The molecular formula is C19H22N2O2. The molecule has 4 heteroatoms. The van der Waals surface area contributed by atoms with Crippen LogP contribution >= 0.6 is 0 Å². The average Bonchev–Trinajstić information content (AvgIpc) is 2.96. The number of aliphatic hydroxyl groups is 1. The number of aryl methyl sites for hydroxylation is 2. The molecule has 0 aliphatic carbocycles. The molecule has 1 aromatic heterocycles. The van der Waals surface area contributed by atoms with Gasteiger partial charge in [0.25, 0.3) is 0 Å². The largest absolute Gasteiger partial charge is 0.496 e. The van der Waals surface area contributed by atoms with Crippen LogP contribution in [0.15, 0.2) is 36.4 Å². The summed E-state index contributed by atoms with van der Waals surface area (Å²) >= 11 is 0. The lowest BCUT2D eigenvalue weighted by Crippen LogP contribution is -2.00. The molecule has 0 aliphatic heterocycles. The number of aromatic nitrogens is 2. The van der Waals surface area contributed by atoms with Crippen molar-refractivity contribution in [3.8, 4) is 11.4 Å². The standard InChI is InChI=1S/C19H22N2O2/c1-4-18-20-19-13(2)17(23-3)10-9-16(19)21(18)15-7-5-14(6-8-15)11-12-22/h5-10,22H,4,11-12H2,1-3H3. The van der Waals surface area contributed by atoms with Gasteiger partial charge in [-0.25, -0.2) is 4.98 Å².